The van der Waals surface area contributed by atoms with Gasteiger partial charge < -0.3 is 0 Å². The predicted octanol–water partition coefficient (Wildman–Crippen LogP) is 7.14. The van der Waals surface area contributed by atoms with Crippen LogP contribution in [0.3, 0.4) is 0 Å². The molecular formula is C13H8Cl4S2. The van der Waals surface area contributed by atoms with Crippen LogP contribution in [0.4, 0.5) is 0 Å². The minimum atomic E-state index is 0.678. The lowest BCUT2D eigenvalue weighted by atomic mass is 10.4. The Morgan fingerprint density at radius 1 is 0.684 bits per heavy atom. The van der Waals surface area contributed by atoms with Crippen LogP contribution < -0.4 is 0 Å². The van der Waals surface area contributed by atoms with Crippen molar-refractivity contribution >= 4 is 69.9 Å². The summed E-state index contributed by atoms with van der Waals surface area (Å²) in [6.45, 7) is 0. The van der Waals surface area contributed by atoms with Gasteiger partial charge in [0.25, 0.3) is 0 Å². The molecule has 0 fully saturated rings. The Bertz CT molecular complexity index is 535. The molecule has 6 heteroatoms. The molecule has 2 rings (SSSR count). The average molecular weight is 370 g/mol. The Morgan fingerprint density at radius 2 is 1.11 bits per heavy atom. The molecule has 0 bridgehead atoms. The molecule has 0 N–H and O–H groups in total. The second kappa shape index (κ2) is 7.35. The quantitative estimate of drug-likeness (QED) is 0.414. The minimum absolute atomic E-state index is 0.678. The minimum Gasteiger partial charge on any atom is -0.113 e. The van der Waals surface area contributed by atoms with Crippen molar-refractivity contribution in [2.45, 2.75) is 9.79 Å². The first-order valence-corrected chi connectivity index (χ1v) is 8.70. The predicted molar refractivity (Wildman–Crippen MR) is 89.5 cm³/mol. The maximum Gasteiger partial charge on any atom is 0.0543 e. The first kappa shape index (κ1) is 15.7. The summed E-state index contributed by atoms with van der Waals surface area (Å²) in [5.74, 6) is 0. The van der Waals surface area contributed by atoms with E-state index in [1.807, 2.05) is 12.1 Å². The highest BCUT2D eigenvalue weighted by Gasteiger charge is 2.05. The summed E-state index contributed by atoms with van der Waals surface area (Å²) in [5.41, 5.74) is 0. The molecule has 2 aromatic rings. The number of rotatable bonds is 4. The molecule has 0 aliphatic rings. The Hall–Kier alpha value is 0.300. The molecule has 100 valence electrons. The lowest BCUT2D eigenvalue weighted by Crippen LogP contribution is -1.79. The van der Waals surface area contributed by atoms with Crippen molar-refractivity contribution in [2.24, 2.45) is 0 Å². The normalized spacial score (nSPS) is 10.7. The van der Waals surface area contributed by atoms with Crippen molar-refractivity contribution in [3.63, 3.8) is 0 Å². The van der Waals surface area contributed by atoms with Crippen molar-refractivity contribution in [1.82, 2.24) is 0 Å². The van der Waals surface area contributed by atoms with Gasteiger partial charge in [0.05, 0.1) is 10.0 Å². The number of hydrogen-bond acceptors (Lipinski definition) is 2. The largest absolute Gasteiger partial charge is 0.113 e. The van der Waals surface area contributed by atoms with Crippen LogP contribution in [0.5, 0.6) is 0 Å². The second-order valence-electron chi connectivity index (χ2n) is 3.56. The van der Waals surface area contributed by atoms with Crippen LogP contribution in [-0.2, 0) is 0 Å². The van der Waals surface area contributed by atoms with Crippen molar-refractivity contribution in [1.29, 1.82) is 0 Å². The topological polar surface area (TPSA) is 0 Å². The van der Waals surface area contributed by atoms with Crippen LogP contribution in [0.2, 0.25) is 20.1 Å². The van der Waals surface area contributed by atoms with Crippen LogP contribution in [-0.4, -0.2) is 5.08 Å². The van der Waals surface area contributed by atoms with Crippen LogP contribution in [0, 0.1) is 0 Å². The van der Waals surface area contributed by atoms with Crippen molar-refractivity contribution in [3.05, 3.63) is 56.5 Å². The summed E-state index contributed by atoms with van der Waals surface area (Å²) in [7, 11) is 0. The van der Waals surface area contributed by atoms with E-state index in [1.165, 1.54) is 0 Å². The van der Waals surface area contributed by atoms with Crippen LogP contribution in [0.15, 0.2) is 46.2 Å². The molecule has 0 nitrogen and oxygen atoms in total. The Kier molecular flexibility index (Phi) is 6.07. The summed E-state index contributed by atoms with van der Waals surface area (Å²) in [5, 5.41) is 3.54. The number of hydrogen-bond donors (Lipinski definition) is 0. The molecule has 0 atom stereocenters. The molecule has 0 saturated heterocycles. The van der Waals surface area contributed by atoms with Crippen LogP contribution in [0.25, 0.3) is 0 Å². The average Bonchev–Trinajstić information content (AvgIpc) is 2.38. The smallest absolute Gasteiger partial charge is 0.0543 e. The van der Waals surface area contributed by atoms with Gasteiger partial charge in [-0.1, -0.05) is 46.4 Å². The number of benzene rings is 2. The second-order valence-corrected chi connectivity index (χ2v) is 7.64. The molecule has 0 spiro atoms. The van der Waals surface area contributed by atoms with Gasteiger partial charge in [-0.2, -0.15) is 0 Å². The van der Waals surface area contributed by atoms with Gasteiger partial charge in [0.15, 0.2) is 0 Å². The fourth-order valence-electron chi connectivity index (χ4n) is 1.33. The number of halogens is 4. The van der Waals surface area contributed by atoms with Gasteiger partial charge in [-0.05, 0) is 36.4 Å². The van der Waals surface area contributed by atoms with Crippen molar-refractivity contribution in [3.8, 4) is 0 Å². The molecule has 0 aliphatic heterocycles. The molecule has 2 aromatic carbocycles. The van der Waals surface area contributed by atoms with E-state index in [1.54, 1.807) is 47.8 Å². The maximum atomic E-state index is 6.10. The van der Waals surface area contributed by atoms with Gasteiger partial charge >= 0.3 is 0 Å². The van der Waals surface area contributed by atoms with Crippen LogP contribution in [0.1, 0.15) is 0 Å². The Labute approximate surface area is 140 Å². The van der Waals surface area contributed by atoms with Gasteiger partial charge in [-0.15, -0.1) is 23.5 Å². The third kappa shape index (κ3) is 4.66. The summed E-state index contributed by atoms with van der Waals surface area (Å²) < 4.78 is 0. The lowest BCUT2D eigenvalue weighted by molar-refractivity contribution is 1.45. The zero-order valence-electron chi connectivity index (χ0n) is 9.50. The highest BCUT2D eigenvalue weighted by Crippen LogP contribution is 2.36. The standard InChI is InChI=1S/C13H8Cl4S2/c14-8-1-3-10(16)12(5-8)18-7-19-13-6-9(15)2-4-11(13)17/h1-6H,7H2. The summed E-state index contributed by atoms with van der Waals surface area (Å²) in [4.78, 5) is 1.92. The Morgan fingerprint density at radius 3 is 1.53 bits per heavy atom. The SMILES string of the molecule is Clc1ccc(Cl)c(SCSc2cc(Cl)ccc2Cl)c1. The van der Waals surface area contributed by atoms with Crippen molar-refractivity contribution in [2.75, 3.05) is 5.08 Å². The molecule has 19 heavy (non-hydrogen) atoms. The van der Waals surface area contributed by atoms with E-state index in [0.717, 1.165) is 14.9 Å². The summed E-state index contributed by atoms with van der Waals surface area (Å²) in [6, 6.07) is 10.8. The first-order valence-electron chi connectivity index (χ1n) is 5.22. The van der Waals surface area contributed by atoms with Crippen LogP contribution >= 0.6 is 69.9 Å². The highest BCUT2D eigenvalue weighted by atomic mass is 35.5. The molecular weight excluding hydrogens is 362 g/mol. The number of thioether (sulfide) groups is 2. The fraction of sp³-hybridized carbons (Fsp3) is 0.0769. The molecule has 0 heterocycles. The molecule has 0 radical (unpaired) electrons. The van der Waals surface area contributed by atoms with Gasteiger partial charge in [0, 0.05) is 24.9 Å². The highest BCUT2D eigenvalue weighted by molar-refractivity contribution is 8.16. The lowest BCUT2D eigenvalue weighted by Gasteiger charge is -2.06. The third-order valence-corrected chi connectivity index (χ3v) is 5.81. The molecule has 0 aromatic heterocycles. The van der Waals surface area contributed by atoms with Gasteiger partial charge in [0.2, 0.25) is 0 Å². The van der Waals surface area contributed by atoms with E-state index < -0.39 is 0 Å². The monoisotopic (exact) mass is 368 g/mol. The van der Waals surface area contributed by atoms with Gasteiger partial charge in [-0.3, -0.25) is 0 Å². The molecule has 0 saturated carbocycles. The zero-order chi connectivity index (χ0) is 13.8. The molecule has 0 aliphatic carbocycles. The van der Waals surface area contributed by atoms with E-state index in [-0.39, 0.29) is 0 Å². The first-order chi connectivity index (χ1) is 9.06. The van der Waals surface area contributed by atoms with E-state index in [4.69, 9.17) is 46.4 Å². The van der Waals surface area contributed by atoms with E-state index >= 15 is 0 Å². The van der Waals surface area contributed by atoms with E-state index in [2.05, 4.69) is 0 Å². The molecule has 0 amide bonds. The molecule has 0 unspecified atom stereocenters. The van der Waals surface area contributed by atoms with Gasteiger partial charge in [-0.25, -0.2) is 0 Å². The summed E-state index contributed by atoms with van der Waals surface area (Å²) in [6.07, 6.45) is 0. The van der Waals surface area contributed by atoms with Gasteiger partial charge in [0.1, 0.15) is 0 Å². The zero-order valence-corrected chi connectivity index (χ0v) is 14.2. The Balaban J connectivity index is 2.00. The van der Waals surface area contributed by atoms with Crippen molar-refractivity contribution < 1.29 is 0 Å². The van der Waals surface area contributed by atoms with E-state index in [0.29, 0.717) is 20.1 Å². The maximum absolute atomic E-state index is 6.10. The third-order valence-electron chi connectivity index (χ3n) is 2.22. The van der Waals surface area contributed by atoms with E-state index in [9.17, 15) is 0 Å². The fourth-order valence-corrected chi connectivity index (χ4v) is 4.45. The summed E-state index contributed by atoms with van der Waals surface area (Å²) >= 11 is 27.3.